The van der Waals surface area contributed by atoms with Crippen molar-refractivity contribution in [1.82, 2.24) is 0 Å². The van der Waals surface area contributed by atoms with Crippen molar-refractivity contribution in [1.29, 1.82) is 0 Å². The summed E-state index contributed by atoms with van der Waals surface area (Å²) in [5, 5.41) is 10.4. The molecule has 0 aliphatic carbocycles. The number of benzene rings is 1. The van der Waals surface area contributed by atoms with Gasteiger partial charge in [0.25, 0.3) is 0 Å². The lowest BCUT2D eigenvalue weighted by molar-refractivity contribution is 0.178. The van der Waals surface area contributed by atoms with E-state index in [9.17, 15) is 5.11 Å². The molecule has 1 N–H and O–H groups in total. The van der Waals surface area contributed by atoms with Crippen molar-refractivity contribution in [2.75, 3.05) is 0 Å². The van der Waals surface area contributed by atoms with Crippen LogP contribution in [0.4, 0.5) is 0 Å². The van der Waals surface area contributed by atoms with Crippen LogP contribution in [0.2, 0.25) is 0 Å². The summed E-state index contributed by atoms with van der Waals surface area (Å²) in [5.41, 5.74) is 0.912. The van der Waals surface area contributed by atoms with Crippen LogP contribution in [-0.4, -0.2) is 11.2 Å². The van der Waals surface area contributed by atoms with Crippen LogP contribution < -0.4 is 4.74 Å². The van der Waals surface area contributed by atoms with Gasteiger partial charge in [0.05, 0.1) is 12.2 Å². The van der Waals surface area contributed by atoms with E-state index >= 15 is 0 Å². The third kappa shape index (κ3) is 4.09. The number of hydrogen-bond acceptors (Lipinski definition) is 3. The van der Waals surface area contributed by atoms with Gasteiger partial charge >= 0.3 is 0 Å². The summed E-state index contributed by atoms with van der Waals surface area (Å²) in [5.74, 6) is 0.817. The van der Waals surface area contributed by atoms with E-state index in [0.717, 1.165) is 17.7 Å². The fourth-order valence-corrected chi connectivity index (χ4v) is 3.09. The Kier molecular flexibility index (Phi) is 5.21. The summed E-state index contributed by atoms with van der Waals surface area (Å²) in [7, 11) is 0. The third-order valence-corrected chi connectivity index (χ3v) is 4.33. The smallest absolute Gasteiger partial charge is 0.120 e. The number of aliphatic hydroxyl groups excluding tert-OH is 1. The van der Waals surface area contributed by atoms with Crippen LogP contribution in [-0.2, 0) is 12.8 Å². The van der Waals surface area contributed by atoms with Crippen molar-refractivity contribution in [2.24, 2.45) is 0 Å². The maximum Gasteiger partial charge on any atom is 0.120 e. The molecule has 0 saturated heterocycles. The van der Waals surface area contributed by atoms with E-state index < -0.39 is 6.10 Å². The van der Waals surface area contributed by atoms with Gasteiger partial charge in [-0.3, -0.25) is 0 Å². The number of hydrogen-bond donors (Lipinski definition) is 1. The Morgan fingerprint density at radius 1 is 1.15 bits per heavy atom. The minimum atomic E-state index is -0.478. The Morgan fingerprint density at radius 2 is 1.90 bits per heavy atom. The molecule has 20 heavy (non-hydrogen) atoms. The first-order chi connectivity index (χ1) is 9.58. The molecule has 0 aliphatic rings. The Hall–Kier alpha value is -1.32. The van der Waals surface area contributed by atoms with Crippen molar-refractivity contribution in [3.05, 3.63) is 51.7 Å². The molecule has 0 fully saturated rings. The van der Waals surface area contributed by atoms with Gasteiger partial charge in [-0.05, 0) is 50.1 Å². The molecule has 0 saturated carbocycles. The lowest BCUT2D eigenvalue weighted by Crippen LogP contribution is -2.06. The minimum absolute atomic E-state index is 0.145. The third-order valence-electron chi connectivity index (χ3n) is 3.07. The van der Waals surface area contributed by atoms with Crippen LogP contribution in [0.3, 0.4) is 0 Å². The highest BCUT2D eigenvalue weighted by atomic mass is 32.1. The SMILES string of the molecule is CCc1ccc(CC(O)c2cccc(OC(C)C)c2)s1. The van der Waals surface area contributed by atoms with Crippen molar-refractivity contribution in [3.8, 4) is 5.75 Å². The molecule has 3 heteroatoms. The zero-order valence-electron chi connectivity index (χ0n) is 12.3. The molecule has 0 bridgehead atoms. The molecule has 2 aromatic rings. The van der Waals surface area contributed by atoms with Crippen molar-refractivity contribution in [2.45, 2.75) is 45.8 Å². The predicted molar refractivity (Wildman–Crippen MR) is 84.6 cm³/mol. The molecule has 0 aliphatic heterocycles. The van der Waals surface area contributed by atoms with E-state index in [-0.39, 0.29) is 6.10 Å². The Morgan fingerprint density at radius 3 is 2.55 bits per heavy atom. The van der Waals surface area contributed by atoms with Crippen molar-refractivity contribution >= 4 is 11.3 Å². The zero-order valence-corrected chi connectivity index (χ0v) is 13.1. The Bertz CT molecular complexity index is 545. The summed E-state index contributed by atoms with van der Waals surface area (Å²) in [6, 6.07) is 12.0. The second kappa shape index (κ2) is 6.91. The van der Waals surface area contributed by atoms with Gasteiger partial charge in [0.2, 0.25) is 0 Å². The van der Waals surface area contributed by atoms with Gasteiger partial charge in [0, 0.05) is 16.2 Å². The van der Waals surface area contributed by atoms with Gasteiger partial charge in [0.1, 0.15) is 5.75 Å². The summed E-state index contributed by atoms with van der Waals surface area (Å²) in [4.78, 5) is 2.59. The normalized spacial score (nSPS) is 12.7. The maximum atomic E-state index is 10.4. The molecular formula is C17H22O2S. The number of rotatable bonds is 6. The molecule has 1 unspecified atom stereocenters. The van der Waals surface area contributed by atoms with Crippen LogP contribution >= 0.6 is 11.3 Å². The summed E-state index contributed by atoms with van der Waals surface area (Å²) < 4.78 is 5.67. The first-order valence-corrected chi connectivity index (χ1v) is 7.92. The monoisotopic (exact) mass is 290 g/mol. The predicted octanol–water partition coefficient (Wildman–Crippen LogP) is 4.37. The zero-order chi connectivity index (χ0) is 14.5. The fourth-order valence-electron chi connectivity index (χ4n) is 2.10. The lowest BCUT2D eigenvalue weighted by atomic mass is 10.1. The summed E-state index contributed by atoms with van der Waals surface area (Å²) in [6.45, 7) is 6.15. The highest BCUT2D eigenvalue weighted by molar-refractivity contribution is 7.11. The number of ether oxygens (including phenoxy) is 1. The number of aliphatic hydroxyl groups is 1. The van der Waals surface area contributed by atoms with E-state index in [1.54, 1.807) is 11.3 Å². The largest absolute Gasteiger partial charge is 0.491 e. The van der Waals surface area contributed by atoms with Crippen LogP contribution in [0.5, 0.6) is 5.75 Å². The van der Waals surface area contributed by atoms with Crippen LogP contribution in [0, 0.1) is 0 Å². The standard InChI is InChI=1S/C17H22O2S/c1-4-15-8-9-16(20-15)11-17(18)13-6-5-7-14(10-13)19-12(2)3/h5-10,12,17-18H,4,11H2,1-3H3. The molecule has 1 heterocycles. The molecule has 0 radical (unpaired) electrons. The molecule has 2 rings (SSSR count). The topological polar surface area (TPSA) is 29.5 Å². The van der Waals surface area contributed by atoms with Gasteiger partial charge in [-0.15, -0.1) is 11.3 Å². The highest BCUT2D eigenvalue weighted by Gasteiger charge is 2.11. The van der Waals surface area contributed by atoms with Gasteiger partial charge in [-0.25, -0.2) is 0 Å². The molecule has 1 atom stereocenters. The molecule has 1 aromatic carbocycles. The number of aryl methyl sites for hydroxylation is 1. The van der Waals surface area contributed by atoms with Crippen LogP contribution in [0.15, 0.2) is 36.4 Å². The van der Waals surface area contributed by atoms with Crippen molar-refractivity contribution < 1.29 is 9.84 Å². The van der Waals surface area contributed by atoms with E-state index in [2.05, 4.69) is 19.1 Å². The summed E-state index contributed by atoms with van der Waals surface area (Å²) in [6.07, 6.45) is 1.38. The van der Waals surface area contributed by atoms with E-state index in [1.165, 1.54) is 9.75 Å². The first-order valence-electron chi connectivity index (χ1n) is 7.10. The molecule has 108 valence electrons. The van der Waals surface area contributed by atoms with E-state index in [4.69, 9.17) is 4.74 Å². The highest BCUT2D eigenvalue weighted by Crippen LogP contribution is 2.26. The molecule has 0 amide bonds. The molecule has 1 aromatic heterocycles. The minimum Gasteiger partial charge on any atom is -0.491 e. The Balaban J connectivity index is 2.06. The van der Waals surface area contributed by atoms with Crippen LogP contribution in [0.1, 0.15) is 42.2 Å². The van der Waals surface area contributed by atoms with Gasteiger partial charge < -0.3 is 9.84 Å². The lowest BCUT2D eigenvalue weighted by Gasteiger charge is -2.14. The fraction of sp³-hybridized carbons (Fsp3) is 0.412. The molecule has 2 nitrogen and oxygen atoms in total. The first kappa shape index (κ1) is 15.1. The quantitative estimate of drug-likeness (QED) is 0.856. The second-order valence-electron chi connectivity index (χ2n) is 5.18. The van der Waals surface area contributed by atoms with Crippen molar-refractivity contribution in [3.63, 3.8) is 0 Å². The molecular weight excluding hydrogens is 268 g/mol. The summed E-state index contributed by atoms with van der Waals surface area (Å²) >= 11 is 1.78. The van der Waals surface area contributed by atoms with E-state index in [0.29, 0.717) is 6.42 Å². The van der Waals surface area contributed by atoms with Gasteiger partial charge in [-0.1, -0.05) is 19.1 Å². The molecule has 0 spiro atoms. The number of thiophene rings is 1. The van der Waals surface area contributed by atoms with Gasteiger partial charge in [-0.2, -0.15) is 0 Å². The second-order valence-corrected chi connectivity index (χ2v) is 6.43. The van der Waals surface area contributed by atoms with Crippen LogP contribution in [0.25, 0.3) is 0 Å². The Labute approximate surface area is 125 Å². The van der Waals surface area contributed by atoms with E-state index in [1.807, 2.05) is 38.1 Å². The maximum absolute atomic E-state index is 10.4. The average Bonchev–Trinajstić information content (AvgIpc) is 2.86. The average molecular weight is 290 g/mol. The van der Waals surface area contributed by atoms with Gasteiger partial charge in [0.15, 0.2) is 0 Å².